The second-order valence-electron chi connectivity index (χ2n) is 3.62. The van der Waals surface area contributed by atoms with Gasteiger partial charge in [0.05, 0.1) is 7.11 Å². The van der Waals surface area contributed by atoms with Crippen LogP contribution in [0.15, 0.2) is 18.2 Å². The molecule has 0 aliphatic rings. The van der Waals surface area contributed by atoms with Gasteiger partial charge in [0.25, 0.3) is 0 Å². The van der Waals surface area contributed by atoms with Crippen LogP contribution in [0.25, 0.3) is 0 Å². The minimum absolute atomic E-state index is 0.0317. The number of aromatic hydroxyl groups is 1. The van der Waals surface area contributed by atoms with Gasteiger partial charge in [-0.1, -0.05) is 6.07 Å². The summed E-state index contributed by atoms with van der Waals surface area (Å²) in [6, 6.07) is 3.68. The highest BCUT2D eigenvalue weighted by atomic mass is 16.5. The molecule has 0 amide bonds. The molecule has 3 N–H and O–H groups in total. The summed E-state index contributed by atoms with van der Waals surface area (Å²) < 4.78 is 4.79. The standard InChI is InChI=1S/C11H12O6/c1-11(9(13)14,10(15)16)6-3-4-8(17-2)7(12)5-6/h3-5,12H,1-2H3,(H,13,14)(H,15,16). The van der Waals surface area contributed by atoms with E-state index >= 15 is 0 Å². The fourth-order valence-corrected chi connectivity index (χ4v) is 1.34. The molecule has 0 spiro atoms. The van der Waals surface area contributed by atoms with Crippen molar-refractivity contribution in [3.05, 3.63) is 23.8 Å². The Hall–Kier alpha value is -2.24. The highest BCUT2D eigenvalue weighted by molar-refractivity contribution is 6.04. The Morgan fingerprint density at radius 1 is 1.24 bits per heavy atom. The normalized spacial score (nSPS) is 10.9. The van der Waals surface area contributed by atoms with Crippen LogP contribution in [0, 0.1) is 0 Å². The predicted molar refractivity (Wildman–Crippen MR) is 57.3 cm³/mol. The number of hydrogen-bond donors (Lipinski definition) is 3. The van der Waals surface area contributed by atoms with Crippen LogP contribution in [-0.2, 0) is 15.0 Å². The zero-order chi connectivity index (χ0) is 13.2. The summed E-state index contributed by atoms with van der Waals surface area (Å²) in [4.78, 5) is 22.1. The molecule has 0 aromatic heterocycles. The van der Waals surface area contributed by atoms with Crippen molar-refractivity contribution >= 4 is 11.9 Å². The van der Waals surface area contributed by atoms with Gasteiger partial charge in [-0.3, -0.25) is 9.59 Å². The third-order valence-corrected chi connectivity index (χ3v) is 2.61. The number of phenolic OH excluding ortho intramolecular Hbond substituents is 1. The lowest BCUT2D eigenvalue weighted by atomic mass is 9.82. The monoisotopic (exact) mass is 240 g/mol. The van der Waals surface area contributed by atoms with Crippen molar-refractivity contribution in [3.63, 3.8) is 0 Å². The molecule has 0 saturated carbocycles. The van der Waals surface area contributed by atoms with E-state index in [2.05, 4.69) is 0 Å². The predicted octanol–water partition coefficient (Wildman–Crippen LogP) is 0.828. The maximum atomic E-state index is 11.0. The summed E-state index contributed by atoms with van der Waals surface area (Å²) in [5, 5.41) is 27.5. The highest BCUT2D eigenvalue weighted by Crippen LogP contribution is 2.32. The van der Waals surface area contributed by atoms with Crippen molar-refractivity contribution in [1.29, 1.82) is 0 Å². The van der Waals surface area contributed by atoms with Crippen molar-refractivity contribution < 1.29 is 29.6 Å². The van der Waals surface area contributed by atoms with Gasteiger partial charge in [-0.25, -0.2) is 0 Å². The first-order valence-electron chi connectivity index (χ1n) is 4.68. The van der Waals surface area contributed by atoms with Gasteiger partial charge in [0.15, 0.2) is 16.9 Å². The molecule has 6 heteroatoms. The number of phenols is 1. The molecule has 0 atom stereocenters. The summed E-state index contributed by atoms with van der Waals surface area (Å²) in [6.45, 7) is 1.05. The smallest absolute Gasteiger partial charge is 0.325 e. The Kier molecular flexibility index (Phi) is 3.26. The van der Waals surface area contributed by atoms with Gasteiger partial charge in [-0.05, 0) is 24.6 Å². The van der Waals surface area contributed by atoms with E-state index in [4.69, 9.17) is 14.9 Å². The highest BCUT2D eigenvalue weighted by Gasteiger charge is 2.43. The van der Waals surface area contributed by atoms with Crippen LogP contribution in [0.3, 0.4) is 0 Å². The third-order valence-electron chi connectivity index (χ3n) is 2.61. The van der Waals surface area contributed by atoms with Gasteiger partial charge in [-0.2, -0.15) is 0 Å². The van der Waals surface area contributed by atoms with Gasteiger partial charge in [0.2, 0.25) is 0 Å². The van der Waals surface area contributed by atoms with Gasteiger partial charge < -0.3 is 20.1 Å². The first kappa shape index (κ1) is 12.8. The summed E-state index contributed by atoms with van der Waals surface area (Å²) in [6.07, 6.45) is 0. The summed E-state index contributed by atoms with van der Waals surface area (Å²) in [7, 11) is 1.34. The number of carboxylic acids is 2. The molecule has 0 aliphatic carbocycles. The van der Waals surface area contributed by atoms with Crippen LogP contribution in [0.1, 0.15) is 12.5 Å². The van der Waals surface area contributed by atoms with E-state index in [0.717, 1.165) is 13.0 Å². The Morgan fingerprint density at radius 2 is 1.76 bits per heavy atom. The number of carbonyl (C=O) groups is 2. The lowest BCUT2D eigenvalue weighted by Crippen LogP contribution is -2.40. The second-order valence-corrected chi connectivity index (χ2v) is 3.62. The van der Waals surface area contributed by atoms with E-state index in [9.17, 15) is 14.7 Å². The van der Waals surface area contributed by atoms with Gasteiger partial charge in [0.1, 0.15) is 0 Å². The van der Waals surface area contributed by atoms with E-state index in [-0.39, 0.29) is 17.1 Å². The molecule has 0 unspecified atom stereocenters. The fraction of sp³-hybridized carbons (Fsp3) is 0.273. The van der Waals surface area contributed by atoms with E-state index in [0.29, 0.717) is 0 Å². The molecule has 17 heavy (non-hydrogen) atoms. The van der Waals surface area contributed by atoms with Crippen LogP contribution >= 0.6 is 0 Å². The zero-order valence-electron chi connectivity index (χ0n) is 9.30. The summed E-state index contributed by atoms with van der Waals surface area (Å²) >= 11 is 0. The first-order valence-corrected chi connectivity index (χ1v) is 4.68. The average molecular weight is 240 g/mol. The molecular weight excluding hydrogens is 228 g/mol. The molecule has 1 rings (SSSR count). The second kappa shape index (κ2) is 4.32. The number of carboxylic acid groups (broad SMARTS) is 2. The molecule has 0 bridgehead atoms. The number of rotatable bonds is 4. The molecule has 6 nitrogen and oxygen atoms in total. The number of aliphatic carboxylic acids is 2. The Balaban J connectivity index is 3.36. The van der Waals surface area contributed by atoms with Crippen LogP contribution < -0.4 is 4.74 Å². The van der Waals surface area contributed by atoms with Crippen LogP contribution in [0.4, 0.5) is 0 Å². The van der Waals surface area contributed by atoms with Crippen molar-refractivity contribution in [2.75, 3.05) is 7.11 Å². The SMILES string of the molecule is COc1ccc(C(C)(C(=O)O)C(=O)O)cc1O. The van der Waals surface area contributed by atoms with Crippen LogP contribution in [0.2, 0.25) is 0 Å². The van der Waals surface area contributed by atoms with Crippen LogP contribution in [-0.4, -0.2) is 34.4 Å². The topological polar surface area (TPSA) is 104 Å². The van der Waals surface area contributed by atoms with E-state index in [1.807, 2.05) is 0 Å². The Bertz CT molecular complexity index is 451. The van der Waals surface area contributed by atoms with Crippen molar-refractivity contribution in [2.24, 2.45) is 0 Å². The van der Waals surface area contributed by atoms with Crippen molar-refractivity contribution in [3.8, 4) is 11.5 Å². The molecule has 0 saturated heterocycles. The number of benzene rings is 1. The lowest BCUT2D eigenvalue weighted by molar-refractivity contribution is -0.156. The number of hydrogen-bond acceptors (Lipinski definition) is 4. The first-order chi connectivity index (χ1) is 7.83. The molecule has 1 aromatic carbocycles. The molecule has 0 radical (unpaired) electrons. The minimum Gasteiger partial charge on any atom is -0.504 e. The van der Waals surface area contributed by atoms with Gasteiger partial charge >= 0.3 is 11.9 Å². The number of ether oxygens (including phenoxy) is 1. The zero-order valence-corrected chi connectivity index (χ0v) is 9.30. The average Bonchev–Trinajstić information content (AvgIpc) is 2.27. The molecule has 92 valence electrons. The molecular formula is C11H12O6. The lowest BCUT2D eigenvalue weighted by Gasteiger charge is -2.20. The maximum absolute atomic E-state index is 11.0. The molecule has 0 heterocycles. The fourth-order valence-electron chi connectivity index (χ4n) is 1.34. The summed E-state index contributed by atoms with van der Waals surface area (Å²) in [5.74, 6) is -3.17. The van der Waals surface area contributed by atoms with Crippen molar-refractivity contribution in [1.82, 2.24) is 0 Å². The van der Waals surface area contributed by atoms with E-state index < -0.39 is 17.4 Å². The molecule has 0 aliphatic heterocycles. The minimum atomic E-state index is -2.11. The van der Waals surface area contributed by atoms with Gasteiger partial charge in [-0.15, -0.1) is 0 Å². The molecule has 1 aromatic rings. The van der Waals surface area contributed by atoms with Crippen molar-refractivity contribution in [2.45, 2.75) is 12.3 Å². The van der Waals surface area contributed by atoms with Crippen LogP contribution in [0.5, 0.6) is 11.5 Å². The van der Waals surface area contributed by atoms with E-state index in [1.54, 1.807) is 0 Å². The van der Waals surface area contributed by atoms with E-state index in [1.165, 1.54) is 19.2 Å². The number of methoxy groups -OCH3 is 1. The Labute approximate surface area is 97.1 Å². The largest absolute Gasteiger partial charge is 0.504 e. The maximum Gasteiger partial charge on any atom is 0.325 e. The van der Waals surface area contributed by atoms with Gasteiger partial charge in [0, 0.05) is 0 Å². The quantitative estimate of drug-likeness (QED) is 0.673. The molecule has 0 fully saturated rings. The third kappa shape index (κ3) is 2.01. The Morgan fingerprint density at radius 3 is 2.12 bits per heavy atom. The summed E-state index contributed by atoms with van der Waals surface area (Å²) in [5.41, 5.74) is -2.14.